The Balaban J connectivity index is 1.97. The molecule has 150 valence electrons. The van der Waals surface area contributed by atoms with Crippen LogP contribution >= 0.6 is 0 Å². The molecule has 3 rings (SSSR count). The monoisotopic (exact) mass is 390 g/mol. The lowest BCUT2D eigenvalue weighted by Gasteiger charge is -2.15. The van der Waals surface area contributed by atoms with E-state index < -0.39 is 0 Å². The molecule has 3 aromatic carbocycles. The van der Waals surface area contributed by atoms with E-state index in [9.17, 15) is 4.79 Å². The second-order valence-corrected chi connectivity index (χ2v) is 6.70. The highest BCUT2D eigenvalue weighted by Crippen LogP contribution is 2.39. The van der Waals surface area contributed by atoms with Crippen molar-refractivity contribution in [1.29, 1.82) is 0 Å². The average Bonchev–Trinajstić information content (AvgIpc) is 2.77. The molecule has 0 amide bonds. The number of aldehydes is 1. The third-order valence-electron chi connectivity index (χ3n) is 4.80. The molecule has 0 aliphatic heterocycles. The van der Waals surface area contributed by atoms with Crippen LogP contribution in [-0.4, -0.2) is 27.1 Å². The fourth-order valence-electron chi connectivity index (χ4n) is 3.24. The molecule has 0 aliphatic carbocycles. The zero-order valence-electron chi connectivity index (χ0n) is 17.1. The first-order chi connectivity index (χ1) is 14.2. The highest BCUT2D eigenvalue weighted by Gasteiger charge is 2.13. The summed E-state index contributed by atoms with van der Waals surface area (Å²) in [6.07, 6.45) is 6.95. The molecule has 0 aliphatic rings. The SMILES string of the molecule is CCCCOc1c(OC)cc(/C=C/c2ccc(C=O)c3ccccc23)cc1OC. The van der Waals surface area contributed by atoms with Gasteiger partial charge in [0.25, 0.3) is 0 Å². The van der Waals surface area contributed by atoms with Crippen LogP contribution in [0.15, 0.2) is 48.5 Å². The molecular formula is C25H26O4. The highest BCUT2D eigenvalue weighted by atomic mass is 16.5. The molecule has 4 heteroatoms. The summed E-state index contributed by atoms with van der Waals surface area (Å²) in [4.78, 5) is 11.3. The maximum absolute atomic E-state index is 11.3. The summed E-state index contributed by atoms with van der Waals surface area (Å²) < 4.78 is 17.0. The van der Waals surface area contributed by atoms with Gasteiger partial charge in [0.15, 0.2) is 17.8 Å². The minimum Gasteiger partial charge on any atom is -0.493 e. The van der Waals surface area contributed by atoms with Gasteiger partial charge >= 0.3 is 0 Å². The summed E-state index contributed by atoms with van der Waals surface area (Å²) in [5.41, 5.74) is 2.66. The first-order valence-corrected chi connectivity index (χ1v) is 9.75. The molecular weight excluding hydrogens is 364 g/mol. The Bertz CT molecular complexity index is 996. The van der Waals surface area contributed by atoms with Crippen molar-refractivity contribution >= 4 is 29.2 Å². The van der Waals surface area contributed by atoms with E-state index in [1.54, 1.807) is 14.2 Å². The molecule has 0 N–H and O–H groups in total. The van der Waals surface area contributed by atoms with Crippen molar-refractivity contribution in [2.45, 2.75) is 19.8 Å². The van der Waals surface area contributed by atoms with E-state index in [4.69, 9.17) is 14.2 Å². The van der Waals surface area contributed by atoms with E-state index in [1.807, 2.05) is 60.7 Å². The van der Waals surface area contributed by atoms with Gasteiger partial charge in [-0.25, -0.2) is 0 Å². The number of methoxy groups -OCH3 is 2. The highest BCUT2D eigenvalue weighted by molar-refractivity contribution is 6.02. The number of unbranched alkanes of at least 4 members (excludes halogenated alkanes) is 1. The van der Waals surface area contributed by atoms with Crippen LogP contribution < -0.4 is 14.2 Å². The normalized spacial score (nSPS) is 11.0. The molecule has 0 bridgehead atoms. The third-order valence-corrected chi connectivity index (χ3v) is 4.80. The summed E-state index contributed by atoms with van der Waals surface area (Å²) >= 11 is 0. The predicted octanol–water partition coefficient (Wildman–Crippen LogP) is 6.02. The predicted molar refractivity (Wildman–Crippen MR) is 118 cm³/mol. The van der Waals surface area contributed by atoms with Gasteiger partial charge in [-0.3, -0.25) is 4.79 Å². The number of carbonyl (C=O) groups excluding carboxylic acids is 1. The van der Waals surface area contributed by atoms with Gasteiger partial charge in [-0.15, -0.1) is 0 Å². The number of fused-ring (bicyclic) bond motifs is 1. The van der Waals surface area contributed by atoms with E-state index in [-0.39, 0.29) is 0 Å². The zero-order valence-corrected chi connectivity index (χ0v) is 17.1. The maximum Gasteiger partial charge on any atom is 0.203 e. The van der Waals surface area contributed by atoms with Crippen molar-refractivity contribution in [3.8, 4) is 17.2 Å². The van der Waals surface area contributed by atoms with Crippen molar-refractivity contribution in [2.75, 3.05) is 20.8 Å². The smallest absolute Gasteiger partial charge is 0.203 e. The molecule has 0 heterocycles. The Morgan fingerprint density at radius 2 is 1.48 bits per heavy atom. The molecule has 0 unspecified atom stereocenters. The van der Waals surface area contributed by atoms with Gasteiger partial charge in [-0.1, -0.05) is 61.9 Å². The van der Waals surface area contributed by atoms with Crippen molar-refractivity contribution in [3.63, 3.8) is 0 Å². The molecule has 29 heavy (non-hydrogen) atoms. The van der Waals surface area contributed by atoms with Crippen LogP contribution in [0.4, 0.5) is 0 Å². The standard InChI is InChI=1S/C25H26O4/c1-4-5-14-29-25-23(27-2)15-18(16-24(25)28-3)10-11-19-12-13-20(17-26)22-9-7-6-8-21(19)22/h6-13,15-17H,4-5,14H2,1-3H3/b11-10+. The number of benzene rings is 3. The fourth-order valence-corrected chi connectivity index (χ4v) is 3.24. The average molecular weight is 390 g/mol. The molecule has 0 saturated carbocycles. The van der Waals surface area contributed by atoms with Crippen molar-refractivity contribution in [3.05, 3.63) is 65.2 Å². The summed E-state index contributed by atoms with van der Waals surface area (Å²) in [5, 5.41) is 1.98. The van der Waals surface area contributed by atoms with Gasteiger partial charge in [0, 0.05) is 5.56 Å². The molecule has 0 radical (unpaired) electrons. The van der Waals surface area contributed by atoms with Gasteiger partial charge in [0.1, 0.15) is 0 Å². The number of rotatable bonds is 9. The number of hydrogen-bond acceptors (Lipinski definition) is 4. The number of ether oxygens (including phenoxy) is 3. The van der Waals surface area contributed by atoms with Gasteiger partial charge in [-0.05, 0) is 40.5 Å². The number of carbonyl (C=O) groups is 1. The van der Waals surface area contributed by atoms with Crippen molar-refractivity contribution < 1.29 is 19.0 Å². The zero-order chi connectivity index (χ0) is 20.6. The van der Waals surface area contributed by atoms with E-state index >= 15 is 0 Å². The first kappa shape index (κ1) is 20.5. The van der Waals surface area contributed by atoms with E-state index in [0.717, 1.165) is 41.0 Å². The lowest BCUT2D eigenvalue weighted by Crippen LogP contribution is -2.01. The third kappa shape index (κ3) is 4.60. The van der Waals surface area contributed by atoms with Gasteiger partial charge in [0.05, 0.1) is 20.8 Å². The van der Waals surface area contributed by atoms with Crippen LogP contribution in [0.5, 0.6) is 17.2 Å². The molecule has 4 nitrogen and oxygen atoms in total. The molecule has 3 aromatic rings. The van der Waals surface area contributed by atoms with Crippen molar-refractivity contribution in [1.82, 2.24) is 0 Å². The minimum absolute atomic E-state index is 0.619. The largest absolute Gasteiger partial charge is 0.493 e. The Morgan fingerprint density at radius 3 is 2.07 bits per heavy atom. The summed E-state index contributed by atoms with van der Waals surface area (Å²) in [7, 11) is 3.25. The van der Waals surface area contributed by atoms with Crippen LogP contribution in [0.25, 0.3) is 22.9 Å². The summed E-state index contributed by atoms with van der Waals surface area (Å²) in [6, 6.07) is 15.6. The lowest BCUT2D eigenvalue weighted by molar-refractivity contribution is 0.112. The molecule has 0 spiro atoms. The molecule has 0 aromatic heterocycles. The van der Waals surface area contributed by atoms with Gasteiger partial charge in [-0.2, -0.15) is 0 Å². The first-order valence-electron chi connectivity index (χ1n) is 9.75. The summed E-state index contributed by atoms with van der Waals surface area (Å²) in [6.45, 7) is 2.74. The van der Waals surface area contributed by atoms with Crippen LogP contribution in [0, 0.1) is 0 Å². The minimum atomic E-state index is 0.619. The van der Waals surface area contributed by atoms with Crippen LogP contribution in [0.1, 0.15) is 41.3 Å². The Labute approximate surface area is 171 Å². The second kappa shape index (κ2) is 9.78. The topological polar surface area (TPSA) is 44.8 Å². The van der Waals surface area contributed by atoms with Gasteiger partial charge in [0.2, 0.25) is 5.75 Å². The Hall–Kier alpha value is -3.27. The maximum atomic E-state index is 11.3. The Kier molecular flexibility index (Phi) is 6.90. The molecule has 0 atom stereocenters. The van der Waals surface area contributed by atoms with E-state index in [0.29, 0.717) is 29.4 Å². The van der Waals surface area contributed by atoms with Crippen LogP contribution in [0.2, 0.25) is 0 Å². The molecule has 0 fully saturated rings. The summed E-state index contributed by atoms with van der Waals surface area (Å²) in [5.74, 6) is 1.91. The van der Waals surface area contributed by atoms with E-state index in [1.165, 1.54) is 0 Å². The fraction of sp³-hybridized carbons (Fsp3) is 0.240. The van der Waals surface area contributed by atoms with E-state index in [2.05, 4.69) is 6.92 Å². The quantitative estimate of drug-likeness (QED) is 0.255. The second-order valence-electron chi connectivity index (χ2n) is 6.70. The van der Waals surface area contributed by atoms with Crippen molar-refractivity contribution in [2.24, 2.45) is 0 Å². The van der Waals surface area contributed by atoms with Crippen LogP contribution in [0.3, 0.4) is 0 Å². The Morgan fingerprint density at radius 1 is 0.862 bits per heavy atom. The van der Waals surface area contributed by atoms with Gasteiger partial charge < -0.3 is 14.2 Å². The lowest BCUT2D eigenvalue weighted by atomic mass is 9.99. The molecule has 0 saturated heterocycles. The number of hydrogen-bond donors (Lipinski definition) is 0. The van der Waals surface area contributed by atoms with Crippen LogP contribution in [-0.2, 0) is 0 Å².